The number of nitrogens with one attached hydrogen (secondary N) is 1. The Labute approximate surface area is 109 Å². The van der Waals surface area contributed by atoms with E-state index in [1.807, 2.05) is 0 Å². The van der Waals surface area contributed by atoms with E-state index in [1.54, 1.807) is 0 Å². The Hall–Kier alpha value is -0.900. The van der Waals surface area contributed by atoms with Gasteiger partial charge >= 0.3 is 0 Å². The molecule has 1 unspecified atom stereocenters. The van der Waals surface area contributed by atoms with Crippen molar-refractivity contribution in [2.75, 3.05) is 19.7 Å². The van der Waals surface area contributed by atoms with Crippen molar-refractivity contribution in [3.8, 4) is 0 Å². The molecule has 0 saturated heterocycles. The van der Waals surface area contributed by atoms with Crippen LogP contribution < -0.4 is 11.1 Å². The van der Waals surface area contributed by atoms with Crippen molar-refractivity contribution < 1.29 is 5.11 Å². The molecule has 0 amide bonds. The zero-order valence-corrected chi connectivity index (χ0v) is 10.9. The van der Waals surface area contributed by atoms with Crippen LogP contribution in [0.1, 0.15) is 48.8 Å². The summed E-state index contributed by atoms with van der Waals surface area (Å²) in [7, 11) is 0. The van der Waals surface area contributed by atoms with Crippen LogP contribution in [0, 0.1) is 0 Å². The minimum atomic E-state index is 0.238. The van der Waals surface area contributed by atoms with Gasteiger partial charge in [0.1, 0.15) is 0 Å². The maximum atomic E-state index is 8.76. The van der Waals surface area contributed by atoms with Gasteiger partial charge in [-0.25, -0.2) is 0 Å². The molecular weight excluding hydrogens is 224 g/mol. The van der Waals surface area contributed by atoms with Crippen molar-refractivity contribution in [3.05, 3.63) is 35.4 Å². The van der Waals surface area contributed by atoms with E-state index >= 15 is 0 Å². The third-order valence-electron chi connectivity index (χ3n) is 3.57. The first kappa shape index (κ1) is 13.5. The van der Waals surface area contributed by atoms with Crippen LogP contribution in [0.3, 0.4) is 0 Å². The average molecular weight is 248 g/mol. The SMILES string of the molecule is NCC(NCCCCO)c1cccc(C2CC2)c1. The van der Waals surface area contributed by atoms with Crippen molar-refractivity contribution >= 4 is 0 Å². The fraction of sp³-hybridized carbons (Fsp3) is 0.600. The van der Waals surface area contributed by atoms with Crippen molar-refractivity contribution in [1.82, 2.24) is 5.32 Å². The van der Waals surface area contributed by atoms with Crippen molar-refractivity contribution in [2.24, 2.45) is 5.73 Å². The van der Waals surface area contributed by atoms with E-state index in [0.29, 0.717) is 6.54 Å². The molecule has 0 aliphatic heterocycles. The first-order chi connectivity index (χ1) is 8.85. The van der Waals surface area contributed by atoms with Crippen LogP contribution >= 0.6 is 0 Å². The summed E-state index contributed by atoms with van der Waals surface area (Å²) < 4.78 is 0. The lowest BCUT2D eigenvalue weighted by atomic mass is 10.0. The second kappa shape index (κ2) is 6.88. The van der Waals surface area contributed by atoms with E-state index in [4.69, 9.17) is 10.8 Å². The zero-order chi connectivity index (χ0) is 12.8. The van der Waals surface area contributed by atoms with Crippen molar-refractivity contribution in [3.63, 3.8) is 0 Å². The van der Waals surface area contributed by atoms with Gasteiger partial charge in [-0.15, -0.1) is 0 Å². The molecule has 1 aliphatic rings. The topological polar surface area (TPSA) is 58.3 Å². The Kier molecular flexibility index (Phi) is 5.17. The molecule has 1 fully saturated rings. The molecule has 1 aromatic carbocycles. The lowest BCUT2D eigenvalue weighted by molar-refractivity contribution is 0.282. The van der Waals surface area contributed by atoms with E-state index in [0.717, 1.165) is 25.3 Å². The normalized spacial score (nSPS) is 16.8. The molecule has 100 valence electrons. The van der Waals surface area contributed by atoms with Crippen LogP contribution in [0.4, 0.5) is 0 Å². The summed E-state index contributed by atoms with van der Waals surface area (Å²) in [6.07, 6.45) is 4.52. The molecule has 1 aliphatic carbocycles. The number of hydrogen-bond acceptors (Lipinski definition) is 3. The van der Waals surface area contributed by atoms with Crippen LogP contribution in [0.25, 0.3) is 0 Å². The molecular formula is C15H24N2O. The summed E-state index contributed by atoms with van der Waals surface area (Å²) in [5, 5.41) is 12.2. The van der Waals surface area contributed by atoms with Gasteiger partial charge in [0.05, 0.1) is 0 Å². The molecule has 3 heteroatoms. The first-order valence-electron chi connectivity index (χ1n) is 6.99. The lowest BCUT2D eigenvalue weighted by Gasteiger charge is -2.18. The third kappa shape index (κ3) is 3.80. The van der Waals surface area contributed by atoms with Crippen molar-refractivity contribution in [1.29, 1.82) is 0 Å². The van der Waals surface area contributed by atoms with Crippen LogP contribution in [0.15, 0.2) is 24.3 Å². The molecule has 0 aromatic heterocycles. The van der Waals surface area contributed by atoms with E-state index in [2.05, 4.69) is 29.6 Å². The minimum absolute atomic E-state index is 0.238. The van der Waals surface area contributed by atoms with Crippen LogP contribution in [0.2, 0.25) is 0 Å². The highest BCUT2D eigenvalue weighted by atomic mass is 16.2. The number of unbranched alkanes of at least 4 members (excludes halogenated alkanes) is 1. The molecule has 3 nitrogen and oxygen atoms in total. The fourth-order valence-corrected chi connectivity index (χ4v) is 2.30. The van der Waals surface area contributed by atoms with Gasteiger partial charge in [0.2, 0.25) is 0 Å². The predicted octanol–water partition coefficient (Wildman–Crippen LogP) is 1.93. The monoisotopic (exact) mass is 248 g/mol. The maximum Gasteiger partial charge on any atom is 0.0444 e. The number of benzene rings is 1. The molecule has 1 atom stereocenters. The highest BCUT2D eigenvalue weighted by Crippen LogP contribution is 2.40. The maximum absolute atomic E-state index is 8.76. The Balaban J connectivity index is 1.91. The molecule has 18 heavy (non-hydrogen) atoms. The lowest BCUT2D eigenvalue weighted by Crippen LogP contribution is -2.29. The molecule has 0 radical (unpaired) electrons. The summed E-state index contributed by atoms with van der Waals surface area (Å²) in [6, 6.07) is 9.06. The molecule has 0 bridgehead atoms. The van der Waals surface area contributed by atoms with Crippen molar-refractivity contribution in [2.45, 2.75) is 37.6 Å². The van der Waals surface area contributed by atoms with Crippen LogP contribution in [-0.4, -0.2) is 24.8 Å². The molecule has 1 aromatic rings. The highest BCUT2D eigenvalue weighted by molar-refractivity contribution is 5.31. The second-order valence-corrected chi connectivity index (χ2v) is 5.12. The smallest absolute Gasteiger partial charge is 0.0444 e. The Bertz CT molecular complexity index is 363. The summed E-state index contributed by atoms with van der Waals surface area (Å²) in [6.45, 7) is 1.80. The van der Waals surface area contributed by atoms with Gasteiger partial charge in [-0.1, -0.05) is 24.3 Å². The Morgan fingerprint density at radius 3 is 2.83 bits per heavy atom. The number of nitrogens with two attached hydrogens (primary N) is 1. The predicted molar refractivity (Wildman–Crippen MR) is 74.5 cm³/mol. The Morgan fingerprint density at radius 1 is 1.33 bits per heavy atom. The fourth-order valence-electron chi connectivity index (χ4n) is 2.30. The summed E-state index contributed by atoms with van der Waals surface area (Å²) in [4.78, 5) is 0. The third-order valence-corrected chi connectivity index (χ3v) is 3.57. The van der Waals surface area contributed by atoms with Gasteiger partial charge in [-0.3, -0.25) is 0 Å². The van der Waals surface area contributed by atoms with E-state index < -0.39 is 0 Å². The van der Waals surface area contributed by atoms with Gasteiger partial charge in [-0.2, -0.15) is 0 Å². The number of aliphatic hydroxyl groups is 1. The standard InChI is InChI=1S/C15H24N2O/c16-11-15(17-8-1-2-9-18)14-5-3-4-13(10-14)12-6-7-12/h3-5,10,12,15,17-18H,1-2,6-9,11,16H2. The van der Waals surface area contributed by atoms with E-state index in [1.165, 1.54) is 24.0 Å². The zero-order valence-electron chi connectivity index (χ0n) is 10.9. The van der Waals surface area contributed by atoms with E-state index in [-0.39, 0.29) is 12.6 Å². The quantitative estimate of drug-likeness (QED) is 0.616. The van der Waals surface area contributed by atoms with Gasteiger partial charge in [-0.05, 0) is 49.3 Å². The van der Waals surface area contributed by atoms with Gasteiger partial charge < -0.3 is 16.2 Å². The molecule has 1 saturated carbocycles. The minimum Gasteiger partial charge on any atom is -0.396 e. The summed E-state index contributed by atoms with van der Waals surface area (Å²) >= 11 is 0. The second-order valence-electron chi connectivity index (χ2n) is 5.12. The molecule has 0 spiro atoms. The highest BCUT2D eigenvalue weighted by Gasteiger charge is 2.23. The number of rotatable bonds is 8. The average Bonchev–Trinajstić information content (AvgIpc) is 3.23. The summed E-state index contributed by atoms with van der Waals surface area (Å²) in [5.41, 5.74) is 8.61. The van der Waals surface area contributed by atoms with Crippen LogP contribution in [0.5, 0.6) is 0 Å². The van der Waals surface area contributed by atoms with Gasteiger partial charge in [0.25, 0.3) is 0 Å². The molecule has 0 heterocycles. The first-order valence-corrected chi connectivity index (χ1v) is 6.99. The van der Waals surface area contributed by atoms with E-state index in [9.17, 15) is 0 Å². The number of aliphatic hydroxyl groups excluding tert-OH is 1. The van der Waals surface area contributed by atoms with Crippen LogP contribution in [-0.2, 0) is 0 Å². The molecule has 4 N–H and O–H groups in total. The largest absolute Gasteiger partial charge is 0.396 e. The Morgan fingerprint density at radius 2 is 2.17 bits per heavy atom. The molecule has 2 rings (SSSR count). The van der Waals surface area contributed by atoms with Gasteiger partial charge in [0.15, 0.2) is 0 Å². The summed E-state index contributed by atoms with van der Waals surface area (Å²) in [5.74, 6) is 0.790. The van der Waals surface area contributed by atoms with Gasteiger partial charge in [0, 0.05) is 19.2 Å². The number of hydrogen-bond donors (Lipinski definition) is 3.